The van der Waals surface area contributed by atoms with Gasteiger partial charge in [0.05, 0.1) is 21.3 Å². The maximum Gasteiger partial charge on any atom is 0.238 e. The number of phenols is 4. The Morgan fingerprint density at radius 1 is 0.750 bits per heavy atom. The predicted octanol–water partition coefficient (Wildman–Crippen LogP) is 4.17. The van der Waals surface area contributed by atoms with Gasteiger partial charge in [-0.1, -0.05) is 6.92 Å². The van der Waals surface area contributed by atoms with E-state index in [9.17, 15) is 30.3 Å². The Bertz CT molecular complexity index is 1510. The number of methoxy groups -OCH3 is 3. The van der Waals surface area contributed by atoms with Gasteiger partial charge in [-0.2, -0.15) is 0 Å². The van der Waals surface area contributed by atoms with Crippen LogP contribution in [0.15, 0.2) is 45.6 Å². The van der Waals surface area contributed by atoms with Crippen molar-refractivity contribution < 1.29 is 44.2 Å². The maximum atomic E-state index is 13.1. The summed E-state index contributed by atoms with van der Waals surface area (Å²) in [5.74, 6) is -2.73. The molecule has 0 radical (unpaired) electrons. The van der Waals surface area contributed by atoms with Crippen LogP contribution in [0.4, 0.5) is 0 Å². The smallest absolute Gasteiger partial charge is 0.238 e. The summed E-state index contributed by atoms with van der Waals surface area (Å²) in [6.07, 6.45) is 0. The zero-order chi connectivity index (χ0) is 26.3. The maximum absolute atomic E-state index is 13.1. The first-order valence-electron chi connectivity index (χ1n) is 10.7. The number of fused-ring (bicyclic) bond motifs is 1. The van der Waals surface area contributed by atoms with Crippen LogP contribution < -0.4 is 19.6 Å². The van der Waals surface area contributed by atoms with E-state index in [0.29, 0.717) is 5.56 Å². The molecule has 36 heavy (non-hydrogen) atoms. The fraction of sp³-hybridized carbons (Fsp3) is 0.192. The second kappa shape index (κ2) is 9.14. The highest BCUT2D eigenvalue weighted by Crippen LogP contribution is 2.46. The summed E-state index contributed by atoms with van der Waals surface area (Å²) >= 11 is 0. The van der Waals surface area contributed by atoms with Crippen LogP contribution in [0.25, 0.3) is 22.3 Å². The Kier molecular flexibility index (Phi) is 6.19. The highest BCUT2D eigenvalue weighted by Gasteiger charge is 2.27. The second-order valence-electron chi connectivity index (χ2n) is 8.02. The fourth-order valence-electron chi connectivity index (χ4n) is 4.11. The molecule has 1 aromatic heterocycles. The summed E-state index contributed by atoms with van der Waals surface area (Å²) in [5.41, 5.74) is -0.245. The van der Waals surface area contributed by atoms with Gasteiger partial charge in [-0.15, -0.1) is 0 Å². The first-order chi connectivity index (χ1) is 17.1. The van der Waals surface area contributed by atoms with Gasteiger partial charge in [-0.25, -0.2) is 0 Å². The molecule has 0 spiro atoms. The summed E-state index contributed by atoms with van der Waals surface area (Å²) in [7, 11) is 4.08. The topological polar surface area (TPSA) is 159 Å². The van der Waals surface area contributed by atoms with E-state index in [0.717, 1.165) is 6.07 Å². The molecule has 0 unspecified atom stereocenters. The monoisotopic (exact) mass is 496 g/mol. The molecule has 4 rings (SSSR count). The van der Waals surface area contributed by atoms with Gasteiger partial charge in [0.1, 0.15) is 22.5 Å². The average molecular weight is 496 g/mol. The lowest BCUT2D eigenvalue weighted by Crippen LogP contribution is -2.07. The number of hydrogen-bond acceptors (Lipinski definition) is 10. The van der Waals surface area contributed by atoms with Crippen LogP contribution in [0.1, 0.15) is 24.0 Å². The van der Waals surface area contributed by atoms with E-state index in [-0.39, 0.29) is 62.4 Å². The third kappa shape index (κ3) is 3.82. The molecule has 3 aromatic carbocycles. The summed E-state index contributed by atoms with van der Waals surface area (Å²) < 4.78 is 21.5. The standard InChI is InChI=1S/C26H24O10/c1-11(13-8-18(34-3)22(30)19(9-13)35-4)20-15(28)10-16(29)21-23(31)24(32)25(36-26(20)21)12-5-6-14(27)17(7-12)33-2/h5-11,27-30,32H,1-4H3/t11-/m1/s1. The third-order valence-electron chi connectivity index (χ3n) is 6.02. The highest BCUT2D eigenvalue weighted by atomic mass is 16.5. The highest BCUT2D eigenvalue weighted by molar-refractivity contribution is 5.91. The first-order valence-corrected chi connectivity index (χ1v) is 10.7. The van der Waals surface area contributed by atoms with Gasteiger partial charge in [-0.3, -0.25) is 4.79 Å². The minimum atomic E-state index is -0.926. The molecule has 0 bridgehead atoms. The van der Waals surface area contributed by atoms with E-state index >= 15 is 0 Å². The van der Waals surface area contributed by atoms with Gasteiger partial charge in [0, 0.05) is 23.1 Å². The average Bonchev–Trinajstić information content (AvgIpc) is 2.86. The van der Waals surface area contributed by atoms with Gasteiger partial charge in [0.15, 0.2) is 28.8 Å². The Labute approximate surface area is 204 Å². The van der Waals surface area contributed by atoms with Crippen LogP contribution in [-0.4, -0.2) is 46.9 Å². The van der Waals surface area contributed by atoms with Crippen LogP contribution in [-0.2, 0) is 0 Å². The van der Waals surface area contributed by atoms with Gasteiger partial charge in [0.25, 0.3) is 0 Å². The van der Waals surface area contributed by atoms with E-state index in [4.69, 9.17) is 18.6 Å². The van der Waals surface area contributed by atoms with Crippen LogP contribution >= 0.6 is 0 Å². The summed E-state index contributed by atoms with van der Waals surface area (Å²) in [6, 6.07) is 8.12. The lowest BCUT2D eigenvalue weighted by Gasteiger charge is -2.19. The first kappa shape index (κ1) is 24.4. The lowest BCUT2D eigenvalue weighted by molar-refractivity contribution is 0.339. The van der Waals surface area contributed by atoms with Crippen molar-refractivity contribution in [2.24, 2.45) is 0 Å². The molecule has 0 saturated heterocycles. The quantitative estimate of drug-likeness (QED) is 0.262. The van der Waals surface area contributed by atoms with Crippen LogP contribution in [0, 0.1) is 0 Å². The second-order valence-corrected chi connectivity index (χ2v) is 8.02. The van der Waals surface area contributed by atoms with E-state index in [2.05, 4.69) is 0 Å². The Morgan fingerprint density at radius 2 is 1.36 bits per heavy atom. The van der Waals surface area contributed by atoms with Crippen LogP contribution in [0.5, 0.6) is 46.0 Å². The molecule has 1 atom stereocenters. The SMILES string of the molecule is COc1cc(-c2oc3c([C@H](C)c4cc(OC)c(O)c(OC)c4)c(O)cc(O)c3c(=O)c2O)ccc1O. The number of benzene rings is 3. The van der Waals surface area contributed by atoms with E-state index in [1.807, 2.05) is 0 Å². The molecule has 0 aliphatic carbocycles. The molecule has 10 nitrogen and oxygen atoms in total. The molecule has 0 saturated carbocycles. The zero-order valence-electron chi connectivity index (χ0n) is 19.8. The number of hydrogen-bond donors (Lipinski definition) is 5. The minimum absolute atomic E-state index is 0.0743. The molecule has 0 aliphatic heterocycles. The molecular weight excluding hydrogens is 472 g/mol. The van der Waals surface area contributed by atoms with Crippen molar-refractivity contribution in [3.63, 3.8) is 0 Å². The molecule has 0 amide bonds. The lowest BCUT2D eigenvalue weighted by atomic mass is 9.90. The molecular formula is C26H24O10. The molecule has 4 aromatic rings. The molecule has 5 N–H and O–H groups in total. The van der Waals surface area contributed by atoms with Crippen molar-refractivity contribution in [1.82, 2.24) is 0 Å². The minimum Gasteiger partial charge on any atom is -0.507 e. The fourth-order valence-corrected chi connectivity index (χ4v) is 4.11. The number of rotatable bonds is 6. The Balaban J connectivity index is 2.04. The van der Waals surface area contributed by atoms with Gasteiger partial charge in [-0.05, 0) is 35.9 Å². The summed E-state index contributed by atoms with van der Waals surface area (Å²) in [6.45, 7) is 1.70. The number of phenolic OH excluding ortho intramolecular Hbond substituents is 4. The number of ether oxygens (including phenoxy) is 3. The largest absolute Gasteiger partial charge is 0.507 e. The molecule has 0 fully saturated rings. The summed E-state index contributed by atoms with van der Waals surface area (Å²) in [4.78, 5) is 13.1. The molecule has 0 aliphatic rings. The van der Waals surface area contributed by atoms with Crippen molar-refractivity contribution in [2.75, 3.05) is 21.3 Å². The Hall–Kier alpha value is -4.73. The molecule has 188 valence electrons. The predicted molar refractivity (Wildman–Crippen MR) is 130 cm³/mol. The van der Waals surface area contributed by atoms with Crippen molar-refractivity contribution >= 4 is 11.0 Å². The van der Waals surface area contributed by atoms with Crippen molar-refractivity contribution in [3.05, 3.63) is 57.7 Å². The molecule has 10 heteroatoms. The van der Waals surface area contributed by atoms with Gasteiger partial charge in [0.2, 0.25) is 16.9 Å². The molecule has 1 heterocycles. The van der Waals surface area contributed by atoms with Gasteiger partial charge < -0.3 is 44.2 Å². The third-order valence-corrected chi connectivity index (χ3v) is 6.02. The van der Waals surface area contributed by atoms with Crippen molar-refractivity contribution in [1.29, 1.82) is 0 Å². The van der Waals surface area contributed by atoms with Crippen LogP contribution in [0.3, 0.4) is 0 Å². The summed E-state index contributed by atoms with van der Waals surface area (Å²) in [5, 5.41) is 51.8. The van der Waals surface area contributed by atoms with E-state index in [1.165, 1.54) is 51.7 Å². The van der Waals surface area contributed by atoms with Crippen LogP contribution in [0.2, 0.25) is 0 Å². The number of aromatic hydroxyl groups is 5. The van der Waals surface area contributed by atoms with E-state index < -0.39 is 22.8 Å². The zero-order valence-corrected chi connectivity index (χ0v) is 19.8. The Morgan fingerprint density at radius 3 is 1.94 bits per heavy atom. The van der Waals surface area contributed by atoms with E-state index in [1.54, 1.807) is 6.92 Å². The normalized spacial score (nSPS) is 11.9. The van der Waals surface area contributed by atoms with Crippen molar-refractivity contribution in [2.45, 2.75) is 12.8 Å². The van der Waals surface area contributed by atoms with Gasteiger partial charge >= 0.3 is 0 Å². The van der Waals surface area contributed by atoms with Crippen molar-refractivity contribution in [3.8, 4) is 57.3 Å².